The van der Waals surface area contributed by atoms with E-state index < -0.39 is 0 Å². The van der Waals surface area contributed by atoms with Crippen LogP contribution in [0.25, 0.3) is 78.2 Å². The second-order valence-electron chi connectivity index (χ2n) is 10.7. The van der Waals surface area contributed by atoms with Gasteiger partial charge < -0.3 is 4.57 Å². The van der Waals surface area contributed by atoms with E-state index in [-0.39, 0.29) is 0 Å². The summed E-state index contributed by atoms with van der Waals surface area (Å²) in [7, 11) is 0. The molecule has 4 aromatic heterocycles. The lowest BCUT2D eigenvalue weighted by molar-refractivity contribution is 0.950. The van der Waals surface area contributed by atoms with Crippen molar-refractivity contribution in [3.63, 3.8) is 0 Å². The molecule has 0 radical (unpaired) electrons. The molecule has 0 saturated heterocycles. The van der Waals surface area contributed by atoms with Crippen molar-refractivity contribution in [2.75, 3.05) is 0 Å². The predicted octanol–water partition coefficient (Wildman–Crippen LogP) is 8.19. The number of para-hydroxylation sites is 2. The summed E-state index contributed by atoms with van der Waals surface area (Å²) in [5.74, 6) is 1.73. The third kappa shape index (κ3) is 3.66. The highest BCUT2D eigenvalue weighted by Gasteiger charge is 2.23. The minimum atomic E-state index is 0.525. The summed E-state index contributed by atoms with van der Waals surface area (Å²) >= 11 is 0. The maximum absolute atomic E-state index is 5.05. The molecule has 0 fully saturated rings. The first-order valence-electron chi connectivity index (χ1n) is 14.5. The molecular formula is C37H23N7. The van der Waals surface area contributed by atoms with Crippen molar-refractivity contribution in [1.29, 1.82) is 0 Å². The number of hydrogen-bond acceptors (Lipinski definition) is 5. The second kappa shape index (κ2) is 9.68. The fraction of sp³-hybridized carbons (Fsp3) is 0. The van der Waals surface area contributed by atoms with Crippen molar-refractivity contribution in [2.24, 2.45) is 0 Å². The van der Waals surface area contributed by atoms with Crippen molar-refractivity contribution in [3.05, 3.63) is 140 Å². The quantitative estimate of drug-likeness (QED) is 0.215. The molecule has 0 bridgehead atoms. The molecule has 206 valence electrons. The third-order valence-corrected chi connectivity index (χ3v) is 8.14. The Morgan fingerprint density at radius 1 is 0.432 bits per heavy atom. The average molecular weight is 566 g/mol. The largest absolute Gasteiger partial charge is 0.309 e. The fourth-order valence-electron chi connectivity index (χ4n) is 6.26. The number of rotatable bonds is 4. The van der Waals surface area contributed by atoms with E-state index in [0.29, 0.717) is 17.6 Å². The van der Waals surface area contributed by atoms with Gasteiger partial charge >= 0.3 is 0 Å². The van der Waals surface area contributed by atoms with Crippen LogP contribution in [0.3, 0.4) is 0 Å². The highest BCUT2D eigenvalue weighted by Crippen LogP contribution is 2.41. The van der Waals surface area contributed by atoms with Crippen molar-refractivity contribution >= 4 is 43.7 Å². The smallest absolute Gasteiger partial charge is 0.238 e. The van der Waals surface area contributed by atoms with Crippen LogP contribution in [0.4, 0.5) is 0 Å². The van der Waals surface area contributed by atoms with E-state index in [4.69, 9.17) is 20.1 Å². The molecule has 0 N–H and O–H groups in total. The molecule has 0 aliphatic carbocycles. The Hall–Kier alpha value is -6.21. The van der Waals surface area contributed by atoms with Gasteiger partial charge in [0.1, 0.15) is 5.52 Å². The van der Waals surface area contributed by atoms with Crippen LogP contribution in [0, 0.1) is 0 Å². The molecule has 0 unspecified atom stereocenters. The molecule has 0 aliphatic heterocycles. The molecule has 0 amide bonds. The lowest BCUT2D eigenvalue weighted by Crippen LogP contribution is -2.06. The topological polar surface area (TPSA) is 74.3 Å². The van der Waals surface area contributed by atoms with E-state index in [9.17, 15) is 0 Å². The highest BCUT2D eigenvalue weighted by atomic mass is 15.2. The van der Waals surface area contributed by atoms with Gasteiger partial charge in [-0.25, -0.2) is 4.98 Å². The molecule has 7 heteroatoms. The highest BCUT2D eigenvalue weighted by molar-refractivity contribution is 6.27. The minimum Gasteiger partial charge on any atom is -0.309 e. The monoisotopic (exact) mass is 565 g/mol. The SMILES string of the molecule is c1ccc(-c2nc(-c3ccccc3)nc(-n3c4ccnnc4c4c5c6ccccc6n(-c6ccccc6)c5ccc43)n2)cc1. The van der Waals surface area contributed by atoms with E-state index in [1.165, 1.54) is 0 Å². The van der Waals surface area contributed by atoms with Gasteiger partial charge in [-0.15, -0.1) is 5.10 Å². The van der Waals surface area contributed by atoms with Crippen molar-refractivity contribution in [1.82, 2.24) is 34.3 Å². The summed E-state index contributed by atoms with van der Waals surface area (Å²) in [4.78, 5) is 15.0. The normalized spacial score (nSPS) is 11.6. The van der Waals surface area contributed by atoms with Gasteiger partial charge in [0.15, 0.2) is 11.6 Å². The third-order valence-electron chi connectivity index (χ3n) is 8.14. The van der Waals surface area contributed by atoms with Gasteiger partial charge in [-0.1, -0.05) is 97.1 Å². The molecule has 7 nitrogen and oxygen atoms in total. The summed E-state index contributed by atoms with van der Waals surface area (Å²) < 4.78 is 4.40. The summed E-state index contributed by atoms with van der Waals surface area (Å²) in [6, 6.07) is 45.4. The molecule has 0 saturated carbocycles. The molecule has 9 rings (SSSR count). The summed E-state index contributed by atoms with van der Waals surface area (Å²) in [6.45, 7) is 0. The Bertz CT molecular complexity index is 2420. The Morgan fingerprint density at radius 2 is 1.02 bits per heavy atom. The van der Waals surface area contributed by atoms with Gasteiger partial charge in [0.2, 0.25) is 5.95 Å². The van der Waals surface area contributed by atoms with Crippen LogP contribution in [-0.2, 0) is 0 Å². The maximum atomic E-state index is 5.05. The summed E-state index contributed by atoms with van der Waals surface area (Å²) in [5, 5.41) is 12.3. The van der Waals surface area contributed by atoms with E-state index >= 15 is 0 Å². The second-order valence-corrected chi connectivity index (χ2v) is 10.7. The average Bonchev–Trinajstić information content (AvgIpc) is 3.62. The van der Waals surface area contributed by atoms with E-state index in [1.807, 2.05) is 72.8 Å². The zero-order chi connectivity index (χ0) is 29.0. The Labute approximate surface area is 251 Å². The summed E-state index contributed by atoms with van der Waals surface area (Å²) in [5.41, 5.74) is 7.79. The van der Waals surface area contributed by atoms with Gasteiger partial charge in [-0.3, -0.25) is 4.57 Å². The molecule has 4 heterocycles. The molecular weight excluding hydrogens is 542 g/mol. The van der Waals surface area contributed by atoms with E-state index in [2.05, 4.69) is 74.9 Å². The van der Waals surface area contributed by atoms with E-state index in [0.717, 1.165) is 60.6 Å². The summed E-state index contributed by atoms with van der Waals surface area (Å²) in [6.07, 6.45) is 1.72. The standard InChI is InChI=1S/C37H23N7/c1-4-12-24(13-5-1)35-39-36(25-14-6-2-7-15-25)41-37(40-35)44-30-21-20-29-32(33(30)34-31(44)22-23-38-42-34)27-18-10-11-19-28(27)43(29)26-16-8-3-9-17-26/h1-23H. The van der Waals surface area contributed by atoms with Gasteiger partial charge in [0, 0.05) is 33.0 Å². The Balaban J connectivity index is 1.41. The van der Waals surface area contributed by atoms with Crippen LogP contribution in [0.15, 0.2) is 140 Å². The van der Waals surface area contributed by atoms with Gasteiger partial charge in [0.25, 0.3) is 0 Å². The van der Waals surface area contributed by atoms with Crippen LogP contribution in [0.2, 0.25) is 0 Å². The number of nitrogens with zero attached hydrogens (tertiary/aromatic N) is 7. The molecule has 44 heavy (non-hydrogen) atoms. The minimum absolute atomic E-state index is 0.525. The van der Waals surface area contributed by atoms with Crippen LogP contribution >= 0.6 is 0 Å². The number of aromatic nitrogens is 7. The number of fused-ring (bicyclic) bond motifs is 7. The van der Waals surface area contributed by atoms with Crippen LogP contribution in [-0.4, -0.2) is 34.3 Å². The lowest BCUT2D eigenvalue weighted by atomic mass is 10.1. The van der Waals surface area contributed by atoms with Crippen LogP contribution in [0.5, 0.6) is 0 Å². The van der Waals surface area contributed by atoms with Gasteiger partial charge in [-0.2, -0.15) is 15.1 Å². The molecule has 9 aromatic rings. The zero-order valence-electron chi connectivity index (χ0n) is 23.4. The Kier molecular flexibility index (Phi) is 5.36. The molecule has 0 aliphatic rings. The number of benzene rings is 5. The Morgan fingerprint density at radius 3 is 1.70 bits per heavy atom. The van der Waals surface area contributed by atoms with Gasteiger partial charge in [-0.05, 0) is 36.4 Å². The van der Waals surface area contributed by atoms with Crippen molar-refractivity contribution < 1.29 is 0 Å². The number of hydrogen-bond donors (Lipinski definition) is 0. The first-order chi connectivity index (χ1) is 21.8. The molecule has 0 atom stereocenters. The predicted molar refractivity (Wildman–Crippen MR) is 175 cm³/mol. The lowest BCUT2D eigenvalue weighted by Gasteiger charge is -2.11. The van der Waals surface area contributed by atoms with Crippen molar-refractivity contribution in [2.45, 2.75) is 0 Å². The fourth-order valence-corrected chi connectivity index (χ4v) is 6.26. The molecule has 5 aromatic carbocycles. The molecule has 0 spiro atoms. The van der Waals surface area contributed by atoms with Crippen LogP contribution < -0.4 is 0 Å². The van der Waals surface area contributed by atoms with Crippen LogP contribution in [0.1, 0.15) is 0 Å². The maximum Gasteiger partial charge on any atom is 0.238 e. The zero-order valence-corrected chi connectivity index (χ0v) is 23.4. The van der Waals surface area contributed by atoms with Crippen molar-refractivity contribution in [3.8, 4) is 34.4 Å². The van der Waals surface area contributed by atoms with E-state index in [1.54, 1.807) is 6.20 Å². The van der Waals surface area contributed by atoms with Gasteiger partial charge in [0.05, 0.1) is 28.3 Å². The first kappa shape index (κ1) is 24.4. The first-order valence-corrected chi connectivity index (χ1v) is 14.5.